The maximum Gasteiger partial charge on any atom is 0.0981 e. The molecule has 20 heavy (non-hydrogen) atoms. The van der Waals surface area contributed by atoms with Crippen LogP contribution in [0.2, 0.25) is 0 Å². The lowest BCUT2D eigenvalue weighted by Crippen LogP contribution is -2.12. The number of nitrogens with zero attached hydrogens (tertiary/aromatic N) is 3. The van der Waals surface area contributed by atoms with Crippen molar-refractivity contribution in [1.82, 2.24) is 9.97 Å². The molecule has 5 heteroatoms. The summed E-state index contributed by atoms with van der Waals surface area (Å²) in [5, 5.41) is 4.62. The van der Waals surface area contributed by atoms with E-state index in [9.17, 15) is 0 Å². The molecule has 0 fully saturated rings. The number of hydrogen-bond acceptors (Lipinski definition) is 5. The van der Waals surface area contributed by atoms with Crippen molar-refractivity contribution in [3.8, 4) is 0 Å². The summed E-state index contributed by atoms with van der Waals surface area (Å²) in [6.45, 7) is 7.34. The third-order valence-corrected chi connectivity index (χ3v) is 4.35. The van der Waals surface area contributed by atoms with Crippen molar-refractivity contribution in [2.45, 2.75) is 32.7 Å². The van der Waals surface area contributed by atoms with Crippen LogP contribution in [0, 0.1) is 0 Å². The highest BCUT2D eigenvalue weighted by Crippen LogP contribution is 2.28. The molecule has 0 radical (unpaired) electrons. The Bertz CT molecular complexity index is 569. The van der Waals surface area contributed by atoms with E-state index in [1.165, 1.54) is 9.88 Å². The molecule has 2 aromatic heterocycles. The molecule has 2 aromatic rings. The van der Waals surface area contributed by atoms with E-state index in [1.54, 1.807) is 11.3 Å². The van der Waals surface area contributed by atoms with E-state index in [4.69, 9.17) is 0 Å². The average molecular weight is 290 g/mol. The molecular weight excluding hydrogens is 268 g/mol. The summed E-state index contributed by atoms with van der Waals surface area (Å²) in [6, 6.07) is 2.01. The Hall–Kier alpha value is -1.62. The number of nitrogens with one attached hydrogen (secondary N) is 1. The Labute approximate surface area is 124 Å². The highest BCUT2D eigenvalue weighted by molar-refractivity contribution is 7.11. The molecule has 0 aliphatic heterocycles. The van der Waals surface area contributed by atoms with Gasteiger partial charge in [0.15, 0.2) is 0 Å². The largest absolute Gasteiger partial charge is 0.377 e. The van der Waals surface area contributed by atoms with Crippen molar-refractivity contribution < 1.29 is 0 Å². The molecule has 1 N–H and O–H groups in total. The van der Waals surface area contributed by atoms with Gasteiger partial charge in [-0.05, 0) is 6.07 Å². The Morgan fingerprint density at radius 1 is 1.25 bits per heavy atom. The predicted octanol–water partition coefficient (Wildman–Crippen LogP) is 3.51. The summed E-state index contributed by atoms with van der Waals surface area (Å²) in [5.41, 5.74) is 2.30. The van der Waals surface area contributed by atoms with Crippen LogP contribution in [0.25, 0.3) is 0 Å². The molecule has 0 amide bonds. The van der Waals surface area contributed by atoms with Crippen LogP contribution in [0.15, 0.2) is 24.7 Å². The first-order valence-corrected chi connectivity index (χ1v) is 7.50. The normalized spacial score (nSPS) is 11.4. The second kappa shape index (κ2) is 5.79. The van der Waals surface area contributed by atoms with Gasteiger partial charge in [0.25, 0.3) is 0 Å². The van der Waals surface area contributed by atoms with Crippen LogP contribution in [-0.4, -0.2) is 24.1 Å². The Morgan fingerprint density at radius 3 is 2.60 bits per heavy atom. The first kappa shape index (κ1) is 14.8. The van der Waals surface area contributed by atoms with Crippen molar-refractivity contribution in [1.29, 1.82) is 0 Å². The molecule has 0 unspecified atom stereocenters. The van der Waals surface area contributed by atoms with Gasteiger partial charge in [0.2, 0.25) is 0 Å². The van der Waals surface area contributed by atoms with Crippen molar-refractivity contribution in [3.05, 3.63) is 34.5 Å². The molecule has 0 aliphatic rings. The molecule has 2 heterocycles. The maximum atomic E-state index is 4.51. The van der Waals surface area contributed by atoms with Crippen molar-refractivity contribution in [2.75, 3.05) is 24.3 Å². The summed E-state index contributed by atoms with van der Waals surface area (Å²) >= 11 is 1.77. The van der Waals surface area contributed by atoms with Crippen molar-refractivity contribution in [3.63, 3.8) is 0 Å². The highest BCUT2D eigenvalue weighted by atomic mass is 32.1. The van der Waals surface area contributed by atoms with E-state index < -0.39 is 0 Å². The van der Waals surface area contributed by atoms with E-state index in [1.807, 2.05) is 38.8 Å². The van der Waals surface area contributed by atoms with Gasteiger partial charge in [-0.3, -0.25) is 4.98 Å². The number of pyridine rings is 1. The van der Waals surface area contributed by atoms with Gasteiger partial charge in [-0.1, -0.05) is 20.8 Å². The molecule has 108 valence electrons. The van der Waals surface area contributed by atoms with Gasteiger partial charge in [0.1, 0.15) is 0 Å². The van der Waals surface area contributed by atoms with Crippen LogP contribution in [0.1, 0.15) is 30.7 Å². The third-order valence-electron chi connectivity index (χ3n) is 2.93. The minimum absolute atomic E-state index is 0.117. The number of aromatic nitrogens is 2. The molecule has 0 bridgehead atoms. The summed E-state index contributed by atoms with van der Waals surface area (Å²) in [5.74, 6) is 0. The molecule has 4 nitrogen and oxygen atoms in total. The third kappa shape index (κ3) is 3.48. The Balaban J connectivity index is 2.08. The average Bonchev–Trinajstić information content (AvgIpc) is 2.85. The Morgan fingerprint density at radius 2 is 2.00 bits per heavy atom. The van der Waals surface area contributed by atoms with Crippen LogP contribution < -0.4 is 10.2 Å². The minimum atomic E-state index is 0.117. The van der Waals surface area contributed by atoms with Crippen LogP contribution in [-0.2, 0) is 12.0 Å². The second-order valence-corrected chi connectivity index (χ2v) is 7.14. The smallest absolute Gasteiger partial charge is 0.0981 e. The summed E-state index contributed by atoms with van der Waals surface area (Å²) < 4.78 is 0. The molecule has 2 rings (SSSR count). The van der Waals surface area contributed by atoms with Crippen LogP contribution in [0.5, 0.6) is 0 Å². The van der Waals surface area contributed by atoms with E-state index >= 15 is 0 Å². The molecule has 0 atom stereocenters. The quantitative estimate of drug-likeness (QED) is 0.935. The molecule has 0 spiro atoms. The maximum absolute atomic E-state index is 4.51. The monoisotopic (exact) mass is 290 g/mol. The van der Waals surface area contributed by atoms with Gasteiger partial charge in [-0.15, -0.1) is 11.3 Å². The van der Waals surface area contributed by atoms with E-state index in [0.29, 0.717) is 0 Å². The zero-order valence-corrected chi connectivity index (χ0v) is 13.6. The SMILES string of the molecule is CN(C)c1ccncc1NCc1cnc(C(C)(C)C)s1. The zero-order chi connectivity index (χ0) is 14.8. The number of rotatable bonds is 4. The summed E-state index contributed by atoms with van der Waals surface area (Å²) in [4.78, 5) is 12.0. The lowest BCUT2D eigenvalue weighted by atomic mass is 9.98. The Kier molecular flexibility index (Phi) is 4.28. The van der Waals surface area contributed by atoms with Crippen LogP contribution in [0.4, 0.5) is 11.4 Å². The fourth-order valence-electron chi connectivity index (χ4n) is 1.83. The molecule has 0 saturated carbocycles. The summed E-state index contributed by atoms with van der Waals surface area (Å²) in [6.07, 6.45) is 5.63. The van der Waals surface area contributed by atoms with Gasteiger partial charge in [-0.2, -0.15) is 0 Å². The van der Waals surface area contributed by atoms with E-state index in [0.717, 1.165) is 17.9 Å². The van der Waals surface area contributed by atoms with Gasteiger partial charge in [0.05, 0.1) is 29.1 Å². The molecule has 0 saturated heterocycles. The van der Waals surface area contributed by atoms with Crippen LogP contribution >= 0.6 is 11.3 Å². The zero-order valence-electron chi connectivity index (χ0n) is 12.8. The standard InChI is InChI=1S/C15H22N4S/c1-15(2,3)14-18-9-11(20-14)8-17-12-10-16-7-6-13(12)19(4)5/h6-7,9-10,17H,8H2,1-5H3. The van der Waals surface area contributed by atoms with Crippen molar-refractivity contribution in [2.24, 2.45) is 0 Å². The first-order chi connectivity index (χ1) is 9.38. The molecule has 0 aliphatic carbocycles. The molecule has 0 aromatic carbocycles. The van der Waals surface area contributed by atoms with Gasteiger partial charge >= 0.3 is 0 Å². The summed E-state index contributed by atoms with van der Waals surface area (Å²) in [7, 11) is 4.07. The van der Waals surface area contributed by atoms with Gasteiger partial charge in [-0.25, -0.2) is 4.98 Å². The number of anilines is 2. The lowest BCUT2D eigenvalue weighted by Gasteiger charge is -2.17. The van der Waals surface area contributed by atoms with E-state index in [-0.39, 0.29) is 5.41 Å². The number of hydrogen-bond donors (Lipinski definition) is 1. The molecular formula is C15H22N4S. The number of thiazole rings is 1. The minimum Gasteiger partial charge on any atom is -0.377 e. The topological polar surface area (TPSA) is 41.1 Å². The van der Waals surface area contributed by atoms with Gasteiger partial charge < -0.3 is 10.2 Å². The highest BCUT2D eigenvalue weighted by Gasteiger charge is 2.17. The fraction of sp³-hybridized carbons (Fsp3) is 0.467. The fourth-order valence-corrected chi connectivity index (χ4v) is 2.74. The van der Waals surface area contributed by atoms with Gasteiger partial charge in [0, 0.05) is 36.8 Å². The predicted molar refractivity (Wildman–Crippen MR) is 86.7 cm³/mol. The van der Waals surface area contributed by atoms with Crippen molar-refractivity contribution >= 4 is 22.7 Å². The van der Waals surface area contributed by atoms with Crippen LogP contribution in [0.3, 0.4) is 0 Å². The lowest BCUT2D eigenvalue weighted by molar-refractivity contribution is 0.585. The van der Waals surface area contributed by atoms with E-state index in [2.05, 4.69) is 41.0 Å². The first-order valence-electron chi connectivity index (χ1n) is 6.68. The second-order valence-electron chi connectivity index (χ2n) is 6.02.